The van der Waals surface area contributed by atoms with Crippen molar-refractivity contribution in [2.75, 3.05) is 7.11 Å². The predicted molar refractivity (Wildman–Crippen MR) is 58.4 cm³/mol. The first-order valence-electron chi connectivity index (χ1n) is 3.62. The molecular weight excluding hydrogens is 306 g/mol. The highest BCUT2D eigenvalue weighted by atomic mass is 79.9. The fraction of sp³-hybridized carbons (Fsp3) is 0.125. The topological polar surface area (TPSA) is 67.2 Å². The Bertz CT molecular complexity index is 536. The van der Waals surface area contributed by atoms with Crippen molar-refractivity contribution in [3.8, 4) is 11.8 Å². The summed E-state index contributed by atoms with van der Waals surface area (Å²) in [6.45, 7) is 0. The van der Waals surface area contributed by atoms with Gasteiger partial charge in [-0.05, 0) is 28.1 Å². The molecule has 0 unspecified atom stereocenters. The van der Waals surface area contributed by atoms with E-state index >= 15 is 0 Å². The smallest absolute Gasteiger partial charge is 0.265 e. The van der Waals surface area contributed by atoms with E-state index in [1.165, 1.54) is 13.2 Å². The molecule has 0 fully saturated rings. The standard InChI is InChI=1S/C8H5BrClNO3S/c1-14-7-3-6(9)5(4-11)2-8(7)15(10,12)13/h2-3H,1H3. The van der Waals surface area contributed by atoms with E-state index in [1.807, 2.05) is 6.07 Å². The fourth-order valence-corrected chi connectivity index (χ4v) is 2.38. The van der Waals surface area contributed by atoms with E-state index in [1.54, 1.807) is 0 Å². The maximum atomic E-state index is 11.2. The molecule has 0 radical (unpaired) electrons. The SMILES string of the molecule is COc1cc(Br)c(C#N)cc1S(=O)(=O)Cl. The molecule has 1 aromatic rings. The molecule has 0 atom stereocenters. The predicted octanol–water partition coefficient (Wildman–Crippen LogP) is 2.26. The minimum atomic E-state index is -3.92. The lowest BCUT2D eigenvalue weighted by molar-refractivity contribution is 0.403. The zero-order valence-corrected chi connectivity index (χ0v) is 10.6. The summed E-state index contributed by atoms with van der Waals surface area (Å²) in [7, 11) is 2.59. The van der Waals surface area contributed by atoms with Crippen molar-refractivity contribution >= 4 is 35.7 Å². The van der Waals surface area contributed by atoms with Gasteiger partial charge in [-0.25, -0.2) is 8.42 Å². The lowest BCUT2D eigenvalue weighted by Crippen LogP contribution is -1.97. The summed E-state index contributed by atoms with van der Waals surface area (Å²) in [4.78, 5) is -0.216. The number of hydrogen-bond acceptors (Lipinski definition) is 4. The van der Waals surface area contributed by atoms with E-state index in [4.69, 9.17) is 20.7 Å². The highest BCUT2D eigenvalue weighted by molar-refractivity contribution is 9.10. The van der Waals surface area contributed by atoms with Gasteiger partial charge in [0.25, 0.3) is 9.05 Å². The van der Waals surface area contributed by atoms with Gasteiger partial charge in [-0.2, -0.15) is 5.26 Å². The second-order valence-electron chi connectivity index (χ2n) is 2.53. The van der Waals surface area contributed by atoms with Crippen molar-refractivity contribution in [3.05, 3.63) is 22.2 Å². The Balaban J connectivity index is 3.59. The number of methoxy groups -OCH3 is 1. The minimum absolute atomic E-state index is 0.0934. The van der Waals surface area contributed by atoms with Crippen molar-refractivity contribution < 1.29 is 13.2 Å². The normalized spacial score (nSPS) is 10.8. The number of halogens is 2. The van der Waals surface area contributed by atoms with Gasteiger partial charge in [-0.1, -0.05) is 0 Å². The molecule has 0 aliphatic heterocycles. The summed E-state index contributed by atoms with van der Waals surface area (Å²) < 4.78 is 27.6. The monoisotopic (exact) mass is 309 g/mol. The first-order chi connectivity index (χ1) is 6.90. The van der Waals surface area contributed by atoms with Gasteiger partial charge in [-0.15, -0.1) is 0 Å². The Morgan fingerprint density at radius 2 is 2.13 bits per heavy atom. The molecule has 0 aliphatic carbocycles. The van der Waals surface area contributed by atoms with Crippen LogP contribution in [0, 0.1) is 11.3 Å². The van der Waals surface area contributed by atoms with E-state index < -0.39 is 9.05 Å². The second-order valence-corrected chi connectivity index (χ2v) is 5.92. The summed E-state index contributed by atoms with van der Waals surface area (Å²) in [5.41, 5.74) is 0.176. The van der Waals surface area contributed by atoms with Crippen molar-refractivity contribution in [2.24, 2.45) is 0 Å². The van der Waals surface area contributed by atoms with Crippen LogP contribution in [-0.2, 0) is 9.05 Å². The van der Waals surface area contributed by atoms with Crippen LogP contribution in [-0.4, -0.2) is 15.5 Å². The van der Waals surface area contributed by atoms with Gasteiger partial charge in [-0.3, -0.25) is 0 Å². The lowest BCUT2D eigenvalue weighted by Gasteiger charge is -2.06. The number of nitrogens with zero attached hydrogens (tertiary/aromatic N) is 1. The molecule has 0 spiro atoms. The van der Waals surface area contributed by atoms with Gasteiger partial charge >= 0.3 is 0 Å². The number of rotatable bonds is 2. The first kappa shape index (κ1) is 12.3. The molecule has 0 aliphatic rings. The van der Waals surface area contributed by atoms with E-state index in [0.29, 0.717) is 4.47 Å². The average molecular weight is 311 g/mol. The zero-order chi connectivity index (χ0) is 11.6. The lowest BCUT2D eigenvalue weighted by atomic mass is 10.2. The number of benzene rings is 1. The highest BCUT2D eigenvalue weighted by Crippen LogP contribution is 2.32. The van der Waals surface area contributed by atoms with Crippen molar-refractivity contribution in [1.29, 1.82) is 5.26 Å². The third kappa shape index (κ3) is 2.62. The van der Waals surface area contributed by atoms with Gasteiger partial charge < -0.3 is 4.74 Å². The fourth-order valence-electron chi connectivity index (χ4n) is 0.971. The molecule has 80 valence electrons. The van der Waals surface area contributed by atoms with Crippen LogP contribution < -0.4 is 4.74 Å². The van der Waals surface area contributed by atoms with Crippen LogP contribution in [0.25, 0.3) is 0 Å². The van der Waals surface area contributed by atoms with Crippen LogP contribution in [0.1, 0.15) is 5.56 Å². The summed E-state index contributed by atoms with van der Waals surface area (Å²) >= 11 is 3.11. The Morgan fingerprint density at radius 3 is 2.53 bits per heavy atom. The van der Waals surface area contributed by atoms with Crippen LogP contribution in [0.5, 0.6) is 5.75 Å². The Labute approximate surface area is 100.0 Å². The third-order valence-electron chi connectivity index (χ3n) is 1.64. The van der Waals surface area contributed by atoms with Crippen LogP contribution in [0.3, 0.4) is 0 Å². The van der Waals surface area contributed by atoms with E-state index in [0.717, 1.165) is 6.07 Å². The maximum absolute atomic E-state index is 11.2. The highest BCUT2D eigenvalue weighted by Gasteiger charge is 2.19. The molecule has 0 bridgehead atoms. The van der Waals surface area contributed by atoms with Crippen molar-refractivity contribution in [1.82, 2.24) is 0 Å². The number of hydrogen-bond donors (Lipinski definition) is 0. The largest absolute Gasteiger partial charge is 0.495 e. The van der Waals surface area contributed by atoms with Crippen LogP contribution in [0.4, 0.5) is 0 Å². The molecule has 4 nitrogen and oxygen atoms in total. The molecule has 0 amide bonds. The van der Waals surface area contributed by atoms with Crippen LogP contribution in [0.15, 0.2) is 21.5 Å². The van der Waals surface area contributed by atoms with E-state index in [9.17, 15) is 8.42 Å². The van der Waals surface area contributed by atoms with Gasteiger partial charge in [0.2, 0.25) is 0 Å². The second kappa shape index (κ2) is 4.39. The molecule has 1 aromatic carbocycles. The Kier molecular flexibility index (Phi) is 3.60. The van der Waals surface area contributed by atoms with Crippen molar-refractivity contribution in [2.45, 2.75) is 4.90 Å². The summed E-state index contributed by atoms with van der Waals surface area (Å²) in [5.74, 6) is 0.0934. The Morgan fingerprint density at radius 1 is 1.53 bits per heavy atom. The van der Waals surface area contributed by atoms with Gasteiger partial charge in [0.15, 0.2) is 0 Å². The number of ether oxygens (including phenoxy) is 1. The molecule has 0 aromatic heterocycles. The van der Waals surface area contributed by atoms with Gasteiger partial charge in [0, 0.05) is 15.2 Å². The van der Waals surface area contributed by atoms with Crippen molar-refractivity contribution in [3.63, 3.8) is 0 Å². The molecular formula is C8H5BrClNO3S. The molecule has 0 heterocycles. The van der Waals surface area contributed by atoms with Gasteiger partial charge in [0.05, 0.1) is 12.7 Å². The van der Waals surface area contributed by atoms with Crippen LogP contribution >= 0.6 is 26.6 Å². The quantitative estimate of drug-likeness (QED) is 0.786. The number of nitriles is 1. The molecule has 15 heavy (non-hydrogen) atoms. The van der Waals surface area contributed by atoms with Gasteiger partial charge in [0.1, 0.15) is 16.7 Å². The molecule has 0 N–H and O–H groups in total. The Hall–Kier alpha value is -0.770. The minimum Gasteiger partial charge on any atom is -0.495 e. The first-order valence-corrected chi connectivity index (χ1v) is 6.72. The van der Waals surface area contributed by atoms with E-state index in [-0.39, 0.29) is 16.2 Å². The summed E-state index contributed by atoms with van der Waals surface area (Å²) in [6.07, 6.45) is 0. The third-order valence-corrected chi connectivity index (χ3v) is 3.64. The zero-order valence-electron chi connectivity index (χ0n) is 7.49. The molecule has 1 rings (SSSR count). The van der Waals surface area contributed by atoms with Crippen LogP contribution in [0.2, 0.25) is 0 Å². The molecule has 0 saturated heterocycles. The molecule has 7 heteroatoms. The van der Waals surface area contributed by atoms with E-state index in [2.05, 4.69) is 15.9 Å². The summed E-state index contributed by atoms with van der Waals surface area (Å²) in [6, 6.07) is 4.37. The maximum Gasteiger partial charge on any atom is 0.265 e. The summed E-state index contributed by atoms with van der Waals surface area (Å²) in [5, 5.41) is 8.71. The average Bonchev–Trinajstić information content (AvgIpc) is 2.15. The molecule has 0 saturated carbocycles.